The standard InChI is InChI=1S/C13H21NO/c1-4-11(2)10-14-12(3)7-8-13-6-5-9-15-13/h5-6,9,12,14H,2,4,7-8,10H2,1,3H3. The Balaban J connectivity index is 2.13. The Morgan fingerprint density at radius 2 is 2.40 bits per heavy atom. The van der Waals surface area contributed by atoms with Crippen molar-refractivity contribution in [2.45, 2.75) is 39.2 Å². The van der Waals surface area contributed by atoms with Gasteiger partial charge < -0.3 is 9.73 Å². The highest BCUT2D eigenvalue weighted by Gasteiger charge is 2.03. The van der Waals surface area contributed by atoms with Gasteiger partial charge in [0.05, 0.1) is 6.26 Å². The molecule has 0 aliphatic rings. The fourth-order valence-corrected chi connectivity index (χ4v) is 1.36. The van der Waals surface area contributed by atoms with Gasteiger partial charge in [-0.1, -0.05) is 19.1 Å². The van der Waals surface area contributed by atoms with Crippen LogP contribution in [0.3, 0.4) is 0 Å². The Bertz CT molecular complexity index is 277. The van der Waals surface area contributed by atoms with E-state index in [4.69, 9.17) is 4.42 Å². The van der Waals surface area contributed by atoms with Gasteiger partial charge in [-0.15, -0.1) is 0 Å². The van der Waals surface area contributed by atoms with Gasteiger partial charge in [-0.25, -0.2) is 0 Å². The highest BCUT2D eigenvalue weighted by atomic mass is 16.3. The maximum Gasteiger partial charge on any atom is 0.103 e. The number of furan rings is 1. The normalized spacial score (nSPS) is 12.7. The molecular weight excluding hydrogens is 186 g/mol. The van der Waals surface area contributed by atoms with Crippen molar-refractivity contribution in [3.8, 4) is 0 Å². The van der Waals surface area contributed by atoms with E-state index in [1.54, 1.807) is 6.26 Å². The molecule has 1 rings (SSSR count). The van der Waals surface area contributed by atoms with Crippen LogP contribution in [0.1, 0.15) is 32.4 Å². The molecule has 2 heteroatoms. The molecule has 15 heavy (non-hydrogen) atoms. The van der Waals surface area contributed by atoms with Gasteiger partial charge >= 0.3 is 0 Å². The van der Waals surface area contributed by atoms with Crippen LogP contribution in [-0.2, 0) is 6.42 Å². The average Bonchev–Trinajstić information content (AvgIpc) is 2.75. The van der Waals surface area contributed by atoms with E-state index in [0.717, 1.165) is 31.6 Å². The van der Waals surface area contributed by atoms with Crippen molar-refractivity contribution in [3.05, 3.63) is 36.3 Å². The monoisotopic (exact) mass is 207 g/mol. The van der Waals surface area contributed by atoms with Crippen LogP contribution in [0, 0.1) is 0 Å². The molecule has 1 heterocycles. The molecule has 1 N–H and O–H groups in total. The Kier molecular flexibility index (Phi) is 5.19. The molecule has 1 unspecified atom stereocenters. The van der Waals surface area contributed by atoms with Crippen LogP contribution >= 0.6 is 0 Å². The molecule has 0 spiro atoms. The van der Waals surface area contributed by atoms with Crippen molar-refractivity contribution in [1.82, 2.24) is 5.32 Å². The van der Waals surface area contributed by atoms with E-state index in [1.807, 2.05) is 12.1 Å². The SMILES string of the molecule is C=C(CC)CNC(C)CCc1ccco1. The molecule has 0 aliphatic carbocycles. The Labute approximate surface area is 92.4 Å². The zero-order valence-corrected chi connectivity index (χ0v) is 9.75. The summed E-state index contributed by atoms with van der Waals surface area (Å²) in [6.45, 7) is 9.24. The lowest BCUT2D eigenvalue weighted by Crippen LogP contribution is -2.28. The molecule has 1 atom stereocenters. The van der Waals surface area contributed by atoms with Crippen molar-refractivity contribution in [1.29, 1.82) is 0 Å². The Hall–Kier alpha value is -1.02. The molecule has 0 amide bonds. The quantitative estimate of drug-likeness (QED) is 0.695. The summed E-state index contributed by atoms with van der Waals surface area (Å²) in [6.07, 6.45) is 4.88. The molecule has 0 bridgehead atoms. The van der Waals surface area contributed by atoms with Gasteiger partial charge in [0.15, 0.2) is 0 Å². The van der Waals surface area contributed by atoms with Gasteiger partial charge in [0.2, 0.25) is 0 Å². The summed E-state index contributed by atoms with van der Waals surface area (Å²) in [7, 11) is 0. The van der Waals surface area contributed by atoms with Crippen molar-refractivity contribution >= 4 is 0 Å². The Morgan fingerprint density at radius 1 is 1.60 bits per heavy atom. The second kappa shape index (κ2) is 6.46. The second-order valence-corrected chi connectivity index (χ2v) is 4.00. The fraction of sp³-hybridized carbons (Fsp3) is 0.538. The van der Waals surface area contributed by atoms with Gasteiger partial charge in [0.25, 0.3) is 0 Å². The van der Waals surface area contributed by atoms with Gasteiger partial charge in [0.1, 0.15) is 5.76 Å². The molecular formula is C13H21NO. The molecule has 0 fully saturated rings. The zero-order valence-electron chi connectivity index (χ0n) is 9.75. The van der Waals surface area contributed by atoms with Crippen LogP contribution in [0.15, 0.2) is 35.0 Å². The maximum absolute atomic E-state index is 5.29. The highest BCUT2D eigenvalue weighted by molar-refractivity contribution is 4.99. The first kappa shape index (κ1) is 12.1. The number of aryl methyl sites for hydroxylation is 1. The van der Waals surface area contributed by atoms with Crippen molar-refractivity contribution in [3.63, 3.8) is 0 Å². The van der Waals surface area contributed by atoms with Crippen molar-refractivity contribution in [2.24, 2.45) is 0 Å². The molecule has 0 saturated heterocycles. The first-order valence-corrected chi connectivity index (χ1v) is 5.64. The van der Waals surface area contributed by atoms with Crippen molar-refractivity contribution < 1.29 is 4.42 Å². The molecule has 1 aromatic rings. The predicted octanol–water partition coefficient (Wildman–Crippen LogP) is 3.16. The van der Waals surface area contributed by atoms with Gasteiger partial charge in [-0.2, -0.15) is 0 Å². The van der Waals surface area contributed by atoms with E-state index < -0.39 is 0 Å². The third-order valence-corrected chi connectivity index (χ3v) is 2.60. The summed E-state index contributed by atoms with van der Waals surface area (Å²) >= 11 is 0. The lowest BCUT2D eigenvalue weighted by Gasteiger charge is -2.13. The van der Waals surface area contributed by atoms with Crippen LogP contribution in [0.5, 0.6) is 0 Å². The summed E-state index contributed by atoms with van der Waals surface area (Å²) in [5, 5.41) is 3.45. The second-order valence-electron chi connectivity index (χ2n) is 4.00. The van der Waals surface area contributed by atoms with Crippen LogP contribution in [0.4, 0.5) is 0 Å². The summed E-state index contributed by atoms with van der Waals surface area (Å²) in [6, 6.07) is 4.47. The van der Waals surface area contributed by atoms with E-state index in [-0.39, 0.29) is 0 Å². The number of nitrogens with one attached hydrogen (secondary N) is 1. The molecule has 2 nitrogen and oxygen atoms in total. The minimum Gasteiger partial charge on any atom is -0.469 e. The first-order chi connectivity index (χ1) is 7.22. The lowest BCUT2D eigenvalue weighted by atomic mass is 10.1. The molecule has 1 aromatic heterocycles. The van der Waals surface area contributed by atoms with E-state index in [0.29, 0.717) is 6.04 Å². The molecule has 84 valence electrons. The Morgan fingerprint density at radius 3 is 3.00 bits per heavy atom. The largest absolute Gasteiger partial charge is 0.469 e. The maximum atomic E-state index is 5.29. The molecule has 0 aliphatic heterocycles. The smallest absolute Gasteiger partial charge is 0.103 e. The fourth-order valence-electron chi connectivity index (χ4n) is 1.36. The van der Waals surface area contributed by atoms with E-state index in [9.17, 15) is 0 Å². The van der Waals surface area contributed by atoms with Gasteiger partial charge in [-0.3, -0.25) is 0 Å². The number of hydrogen-bond acceptors (Lipinski definition) is 2. The number of rotatable bonds is 7. The molecule has 0 saturated carbocycles. The van der Waals surface area contributed by atoms with Crippen LogP contribution < -0.4 is 5.32 Å². The lowest BCUT2D eigenvalue weighted by molar-refractivity contribution is 0.467. The minimum absolute atomic E-state index is 0.512. The van der Waals surface area contributed by atoms with Crippen LogP contribution in [0.25, 0.3) is 0 Å². The third-order valence-electron chi connectivity index (χ3n) is 2.60. The van der Waals surface area contributed by atoms with Crippen LogP contribution in [-0.4, -0.2) is 12.6 Å². The van der Waals surface area contributed by atoms with Crippen LogP contribution in [0.2, 0.25) is 0 Å². The summed E-state index contributed by atoms with van der Waals surface area (Å²) in [5.74, 6) is 1.07. The summed E-state index contributed by atoms with van der Waals surface area (Å²) < 4.78 is 5.29. The zero-order chi connectivity index (χ0) is 11.1. The van der Waals surface area contributed by atoms with Gasteiger partial charge in [0, 0.05) is 19.0 Å². The average molecular weight is 207 g/mol. The third kappa shape index (κ3) is 4.84. The minimum atomic E-state index is 0.512. The summed E-state index contributed by atoms with van der Waals surface area (Å²) in [4.78, 5) is 0. The highest BCUT2D eigenvalue weighted by Crippen LogP contribution is 2.06. The molecule has 0 radical (unpaired) electrons. The topological polar surface area (TPSA) is 25.2 Å². The van der Waals surface area contributed by atoms with E-state index in [2.05, 4.69) is 25.7 Å². The van der Waals surface area contributed by atoms with E-state index in [1.165, 1.54) is 5.57 Å². The van der Waals surface area contributed by atoms with E-state index >= 15 is 0 Å². The van der Waals surface area contributed by atoms with Gasteiger partial charge in [-0.05, 0) is 31.9 Å². The van der Waals surface area contributed by atoms with Crippen molar-refractivity contribution in [2.75, 3.05) is 6.54 Å². The molecule has 0 aromatic carbocycles. The number of hydrogen-bond donors (Lipinski definition) is 1. The first-order valence-electron chi connectivity index (χ1n) is 5.64. The summed E-state index contributed by atoms with van der Waals surface area (Å²) in [5.41, 5.74) is 1.26. The predicted molar refractivity (Wildman–Crippen MR) is 63.9 cm³/mol.